The summed E-state index contributed by atoms with van der Waals surface area (Å²) in [6.07, 6.45) is -13.1. The molecule has 5 nitrogen and oxygen atoms in total. The highest BCUT2D eigenvalue weighted by atomic mass is 36.0. The number of hydrogen-bond donors (Lipinski definition) is 1. The van der Waals surface area contributed by atoms with Gasteiger partial charge in [-0.05, 0) is 48.0 Å². The molecule has 2 aromatic carbocycles. The second-order valence-electron chi connectivity index (χ2n) is 5.82. The zero-order valence-electron chi connectivity index (χ0n) is 14.6. The summed E-state index contributed by atoms with van der Waals surface area (Å²) in [7, 11) is 5.47. The van der Waals surface area contributed by atoms with Crippen LogP contribution in [0.15, 0.2) is 53.4 Å². The van der Waals surface area contributed by atoms with Gasteiger partial charge >= 0.3 is 17.4 Å². The molecule has 0 aliphatic carbocycles. The molecule has 0 spiro atoms. The molecular formula is C16H9Cl2F7N2O3S. The van der Waals surface area contributed by atoms with Crippen molar-refractivity contribution < 1.29 is 40.5 Å². The molecule has 0 radical (unpaired) electrons. The zero-order valence-corrected chi connectivity index (χ0v) is 16.9. The first-order valence-corrected chi connectivity index (χ1v) is 11.0. The number of halogens is 9. The molecule has 2 aromatic rings. The van der Waals surface area contributed by atoms with Gasteiger partial charge in [0.1, 0.15) is 0 Å². The first-order chi connectivity index (χ1) is 14.0. The second kappa shape index (κ2) is 8.36. The Labute approximate surface area is 179 Å². The Kier molecular flexibility index (Phi) is 6.74. The summed E-state index contributed by atoms with van der Waals surface area (Å²) in [4.78, 5) is 21.2. The van der Waals surface area contributed by atoms with E-state index in [1.54, 1.807) is 0 Å². The van der Waals surface area contributed by atoms with Gasteiger partial charge < -0.3 is 5.32 Å². The van der Waals surface area contributed by atoms with Crippen molar-refractivity contribution in [2.45, 2.75) is 22.2 Å². The van der Waals surface area contributed by atoms with E-state index >= 15 is 0 Å². The van der Waals surface area contributed by atoms with Crippen LogP contribution in [0.2, 0.25) is 0 Å². The van der Waals surface area contributed by atoms with E-state index in [4.69, 9.17) is 21.4 Å². The SMILES string of the molecule is O=C(Nc1ccccc1S(Cl)(Cl)C(F)(C(F)(F)F)C(F)(F)F)c1cccc([N+](=O)[O-])c1. The fraction of sp³-hybridized carbons (Fsp3) is 0.188. The van der Waals surface area contributed by atoms with Gasteiger partial charge in [-0.3, -0.25) is 14.9 Å². The van der Waals surface area contributed by atoms with Crippen LogP contribution in [0.3, 0.4) is 0 Å². The molecule has 0 atom stereocenters. The van der Waals surface area contributed by atoms with Crippen molar-refractivity contribution in [2.75, 3.05) is 5.32 Å². The van der Waals surface area contributed by atoms with Crippen LogP contribution in [0.5, 0.6) is 0 Å². The summed E-state index contributed by atoms with van der Waals surface area (Å²) in [5.41, 5.74) is -1.60. The van der Waals surface area contributed by atoms with Gasteiger partial charge in [0.15, 0.2) is 0 Å². The number of anilines is 1. The van der Waals surface area contributed by atoms with Crippen molar-refractivity contribution >= 4 is 47.1 Å². The Morgan fingerprint density at radius 2 is 1.48 bits per heavy atom. The fourth-order valence-electron chi connectivity index (χ4n) is 2.35. The monoisotopic (exact) mass is 512 g/mol. The number of nitro benzene ring substituents is 1. The van der Waals surface area contributed by atoms with Crippen molar-refractivity contribution in [3.8, 4) is 0 Å². The maximum atomic E-state index is 14.6. The van der Waals surface area contributed by atoms with Gasteiger partial charge in [-0.25, -0.2) is 4.39 Å². The molecule has 1 N–H and O–H groups in total. The van der Waals surface area contributed by atoms with Crippen LogP contribution in [0.1, 0.15) is 10.4 Å². The van der Waals surface area contributed by atoms with Gasteiger partial charge in [0.25, 0.3) is 11.6 Å². The third kappa shape index (κ3) is 4.53. The molecule has 1 amide bonds. The smallest absolute Gasteiger partial charge is 0.321 e. The van der Waals surface area contributed by atoms with Crippen molar-refractivity contribution in [1.29, 1.82) is 0 Å². The molecule has 0 fully saturated rings. The Bertz CT molecular complexity index is 1000. The normalized spacial score (nSPS) is 13.6. The molecule has 0 aliphatic rings. The Hall–Kier alpha value is -2.25. The second-order valence-corrected chi connectivity index (χ2v) is 11.0. The molecule has 15 heteroatoms. The summed E-state index contributed by atoms with van der Waals surface area (Å²) in [5.74, 6) is -1.15. The molecule has 0 aromatic heterocycles. The molecule has 0 unspecified atom stereocenters. The zero-order chi connectivity index (χ0) is 23.8. The van der Waals surface area contributed by atoms with Crippen LogP contribution in [0.4, 0.5) is 42.1 Å². The molecular weight excluding hydrogens is 504 g/mol. The number of hydrogen-bond acceptors (Lipinski definition) is 3. The van der Waals surface area contributed by atoms with E-state index in [0.29, 0.717) is 6.07 Å². The van der Waals surface area contributed by atoms with Crippen molar-refractivity contribution in [1.82, 2.24) is 0 Å². The third-order valence-corrected chi connectivity index (χ3v) is 8.16. The van der Waals surface area contributed by atoms with E-state index in [9.17, 15) is 45.6 Å². The number of non-ortho nitro benzene ring substituents is 1. The minimum absolute atomic E-state index is 0.355. The minimum atomic E-state index is -6.54. The van der Waals surface area contributed by atoms with E-state index in [1.807, 2.05) is 5.32 Å². The summed E-state index contributed by atoms with van der Waals surface area (Å²) in [6.45, 7) is 0. The van der Waals surface area contributed by atoms with Crippen LogP contribution in [0, 0.1) is 10.1 Å². The predicted molar refractivity (Wildman–Crippen MR) is 101 cm³/mol. The van der Waals surface area contributed by atoms with Crippen molar-refractivity contribution in [3.63, 3.8) is 0 Å². The minimum Gasteiger partial charge on any atom is -0.321 e. The topological polar surface area (TPSA) is 72.2 Å². The molecule has 170 valence electrons. The Balaban J connectivity index is 2.56. The van der Waals surface area contributed by atoms with Gasteiger partial charge in [0.05, 0.1) is 10.6 Å². The van der Waals surface area contributed by atoms with Crippen LogP contribution in [0.25, 0.3) is 0 Å². The van der Waals surface area contributed by atoms with Gasteiger partial charge in [-0.2, -0.15) is 26.3 Å². The maximum Gasteiger partial charge on any atom is 0.442 e. The molecule has 0 saturated carbocycles. The number of amides is 1. The molecule has 0 bridgehead atoms. The highest BCUT2D eigenvalue weighted by Gasteiger charge is 2.80. The summed E-state index contributed by atoms with van der Waals surface area (Å²) in [6, 6.07) is 7.57. The predicted octanol–water partition coefficient (Wildman–Crippen LogP) is 7.11. The highest BCUT2D eigenvalue weighted by molar-refractivity contribution is 8.66. The Morgan fingerprint density at radius 1 is 0.935 bits per heavy atom. The summed E-state index contributed by atoms with van der Waals surface area (Å²) in [5, 5.41) is 6.74. The fourth-order valence-corrected chi connectivity index (χ4v) is 5.74. The van der Waals surface area contributed by atoms with Gasteiger partial charge in [-0.1, -0.05) is 18.2 Å². The number of carbonyl (C=O) groups excluding carboxylic acids is 1. The van der Waals surface area contributed by atoms with Crippen LogP contribution < -0.4 is 5.32 Å². The van der Waals surface area contributed by atoms with Gasteiger partial charge in [0, 0.05) is 22.6 Å². The lowest BCUT2D eigenvalue weighted by molar-refractivity contribution is -0.384. The lowest BCUT2D eigenvalue weighted by Gasteiger charge is -2.42. The summed E-state index contributed by atoms with van der Waals surface area (Å²) < 4.78 is 93.6. The quantitative estimate of drug-likeness (QED) is 0.263. The number of nitro groups is 1. The number of carbonyl (C=O) groups is 1. The molecule has 0 saturated heterocycles. The van der Waals surface area contributed by atoms with E-state index in [2.05, 4.69) is 0 Å². The van der Waals surface area contributed by atoms with Crippen LogP contribution >= 0.6 is 29.8 Å². The molecule has 2 rings (SSSR count). The van der Waals surface area contributed by atoms with Crippen molar-refractivity contribution in [2.24, 2.45) is 0 Å². The summed E-state index contributed by atoms with van der Waals surface area (Å²) >= 11 is 0. The number of benzene rings is 2. The highest BCUT2D eigenvalue weighted by Crippen LogP contribution is 2.81. The lowest BCUT2D eigenvalue weighted by Crippen LogP contribution is -2.54. The Morgan fingerprint density at radius 3 is 2.00 bits per heavy atom. The largest absolute Gasteiger partial charge is 0.442 e. The lowest BCUT2D eigenvalue weighted by atomic mass is 10.2. The average Bonchev–Trinajstić information content (AvgIpc) is 2.65. The standard InChI is InChI=1S/C16H9Cl2F7N2O3S/c17-31(18,14(19,15(20,21)22)16(23,24)25)12-7-2-1-6-11(12)26-13(28)9-4-3-5-10(8-9)27(29)30/h1-8H,(H,26,28). The van der Waals surface area contributed by atoms with E-state index in [1.165, 1.54) is 0 Å². The van der Waals surface area contributed by atoms with Gasteiger partial charge in [0.2, 0.25) is 0 Å². The molecule has 0 heterocycles. The van der Waals surface area contributed by atoms with E-state index in [-0.39, 0.29) is 5.56 Å². The number of nitrogens with zero attached hydrogens (tertiary/aromatic N) is 1. The van der Waals surface area contributed by atoms with E-state index < -0.39 is 52.9 Å². The van der Waals surface area contributed by atoms with Gasteiger partial charge in [-0.15, -0.1) is 0 Å². The number of rotatable bonds is 5. The maximum absolute atomic E-state index is 14.6. The van der Waals surface area contributed by atoms with Crippen molar-refractivity contribution in [3.05, 3.63) is 64.2 Å². The number of alkyl halides is 7. The number of nitrogens with one attached hydrogen (secondary N) is 1. The number of para-hydroxylation sites is 1. The third-order valence-electron chi connectivity index (χ3n) is 3.81. The molecule has 0 aliphatic heterocycles. The first-order valence-electron chi connectivity index (χ1n) is 7.73. The first kappa shape index (κ1) is 25.0. The average molecular weight is 513 g/mol. The van der Waals surface area contributed by atoms with Crippen LogP contribution in [-0.4, -0.2) is 28.2 Å². The van der Waals surface area contributed by atoms with E-state index in [0.717, 1.165) is 42.5 Å². The van der Waals surface area contributed by atoms with Crippen LogP contribution in [-0.2, 0) is 0 Å². The molecule has 31 heavy (non-hydrogen) atoms.